The van der Waals surface area contributed by atoms with Crippen LogP contribution in [0.2, 0.25) is 0 Å². The molecule has 19 heavy (non-hydrogen) atoms. The molecule has 1 fully saturated rings. The number of hydrogen-bond donors (Lipinski definition) is 2. The highest BCUT2D eigenvalue weighted by Gasteiger charge is 2.31. The summed E-state index contributed by atoms with van der Waals surface area (Å²) in [6.45, 7) is 1.77. The number of ether oxygens (including phenoxy) is 1. The Kier molecular flexibility index (Phi) is 5.06. The van der Waals surface area contributed by atoms with Crippen LogP contribution in [-0.2, 0) is 4.74 Å². The zero-order valence-electron chi connectivity index (χ0n) is 11.4. The maximum Gasteiger partial charge on any atom is 0.130 e. The van der Waals surface area contributed by atoms with Crippen LogP contribution in [0.15, 0.2) is 0 Å². The van der Waals surface area contributed by atoms with Crippen molar-refractivity contribution in [2.75, 3.05) is 31.3 Å². The minimum absolute atomic E-state index is 0.578. The van der Waals surface area contributed by atoms with E-state index < -0.39 is 0 Å². The number of methoxy groups -OCH3 is 1. The SMILES string of the molecule is COCCCCCNc1sc(C#N)c(N)c1C1CC1. The molecule has 0 spiro atoms. The molecule has 0 aliphatic heterocycles. The Morgan fingerprint density at radius 1 is 1.42 bits per heavy atom. The summed E-state index contributed by atoms with van der Waals surface area (Å²) in [6, 6.07) is 2.19. The van der Waals surface area contributed by atoms with Gasteiger partial charge in [0.1, 0.15) is 10.9 Å². The van der Waals surface area contributed by atoms with Gasteiger partial charge in [0.2, 0.25) is 0 Å². The number of nitriles is 1. The van der Waals surface area contributed by atoms with Gasteiger partial charge in [-0.05, 0) is 38.0 Å². The van der Waals surface area contributed by atoms with Crippen molar-refractivity contribution in [3.8, 4) is 6.07 Å². The largest absolute Gasteiger partial charge is 0.397 e. The molecule has 1 saturated carbocycles. The van der Waals surface area contributed by atoms with Crippen molar-refractivity contribution in [1.29, 1.82) is 5.26 Å². The van der Waals surface area contributed by atoms with Crippen molar-refractivity contribution in [3.05, 3.63) is 10.4 Å². The van der Waals surface area contributed by atoms with E-state index in [9.17, 15) is 0 Å². The van der Waals surface area contributed by atoms with Crippen molar-refractivity contribution in [3.63, 3.8) is 0 Å². The van der Waals surface area contributed by atoms with Gasteiger partial charge in [-0.3, -0.25) is 0 Å². The average molecular weight is 279 g/mol. The minimum Gasteiger partial charge on any atom is -0.397 e. The Morgan fingerprint density at radius 2 is 2.21 bits per heavy atom. The van der Waals surface area contributed by atoms with E-state index in [2.05, 4.69) is 11.4 Å². The lowest BCUT2D eigenvalue weighted by atomic mass is 10.1. The first-order valence-electron chi connectivity index (χ1n) is 6.83. The Labute approximate surface area is 118 Å². The van der Waals surface area contributed by atoms with Gasteiger partial charge < -0.3 is 15.8 Å². The molecule has 1 aromatic heterocycles. The lowest BCUT2D eigenvalue weighted by molar-refractivity contribution is 0.192. The number of nitrogens with zero attached hydrogens (tertiary/aromatic N) is 1. The minimum atomic E-state index is 0.578. The first kappa shape index (κ1) is 14.2. The second-order valence-electron chi connectivity index (χ2n) is 4.95. The van der Waals surface area contributed by atoms with Gasteiger partial charge in [0.05, 0.1) is 10.7 Å². The molecule has 4 nitrogen and oxygen atoms in total. The molecule has 104 valence electrons. The lowest BCUT2D eigenvalue weighted by Gasteiger charge is -2.07. The lowest BCUT2D eigenvalue weighted by Crippen LogP contribution is -2.03. The van der Waals surface area contributed by atoms with Gasteiger partial charge in [-0.2, -0.15) is 5.26 Å². The number of unbranched alkanes of at least 4 members (excludes halogenated alkanes) is 2. The number of thiophene rings is 1. The van der Waals surface area contributed by atoms with Gasteiger partial charge >= 0.3 is 0 Å². The summed E-state index contributed by atoms with van der Waals surface area (Å²) in [6.07, 6.45) is 5.78. The number of nitrogens with one attached hydrogen (secondary N) is 1. The Morgan fingerprint density at radius 3 is 2.84 bits per heavy atom. The molecule has 1 heterocycles. The monoisotopic (exact) mass is 279 g/mol. The van der Waals surface area contributed by atoms with Crippen LogP contribution in [0.1, 0.15) is 48.5 Å². The molecule has 0 saturated heterocycles. The number of rotatable bonds is 8. The van der Waals surface area contributed by atoms with E-state index in [0.29, 0.717) is 16.5 Å². The molecule has 0 atom stereocenters. The zero-order chi connectivity index (χ0) is 13.7. The van der Waals surface area contributed by atoms with Gasteiger partial charge in [0.25, 0.3) is 0 Å². The summed E-state index contributed by atoms with van der Waals surface area (Å²) in [5.41, 5.74) is 7.96. The molecule has 0 bridgehead atoms. The smallest absolute Gasteiger partial charge is 0.130 e. The quantitative estimate of drug-likeness (QED) is 0.716. The van der Waals surface area contributed by atoms with Crippen LogP contribution in [0.5, 0.6) is 0 Å². The van der Waals surface area contributed by atoms with Crippen molar-refractivity contribution < 1.29 is 4.74 Å². The molecule has 1 aromatic rings. The number of hydrogen-bond acceptors (Lipinski definition) is 5. The summed E-state index contributed by atoms with van der Waals surface area (Å²) < 4.78 is 5.03. The van der Waals surface area contributed by atoms with Crippen molar-refractivity contribution in [2.45, 2.75) is 38.0 Å². The van der Waals surface area contributed by atoms with Crippen LogP contribution in [-0.4, -0.2) is 20.3 Å². The van der Waals surface area contributed by atoms with E-state index in [1.54, 1.807) is 7.11 Å². The van der Waals surface area contributed by atoms with Crippen molar-refractivity contribution >= 4 is 22.0 Å². The summed E-state index contributed by atoms with van der Waals surface area (Å²) in [4.78, 5) is 0.656. The highest BCUT2D eigenvalue weighted by atomic mass is 32.1. The zero-order valence-corrected chi connectivity index (χ0v) is 12.2. The standard InChI is InChI=1S/C14H21N3OS/c1-18-8-4-2-3-7-17-14-12(10-5-6-10)13(16)11(9-15)19-14/h10,17H,2-8,16H2,1H3. The predicted octanol–water partition coefficient (Wildman–Crippen LogP) is 3.31. The van der Waals surface area contributed by atoms with E-state index in [1.807, 2.05) is 0 Å². The fourth-order valence-corrected chi connectivity index (χ4v) is 3.23. The van der Waals surface area contributed by atoms with Crippen LogP contribution in [0.3, 0.4) is 0 Å². The third-order valence-corrected chi connectivity index (χ3v) is 4.47. The van der Waals surface area contributed by atoms with Crippen molar-refractivity contribution in [2.24, 2.45) is 0 Å². The van der Waals surface area contributed by atoms with Crippen LogP contribution in [0.25, 0.3) is 0 Å². The normalized spacial score (nSPS) is 14.3. The molecule has 0 amide bonds. The highest BCUT2D eigenvalue weighted by Crippen LogP contribution is 2.50. The van der Waals surface area contributed by atoms with Crippen molar-refractivity contribution in [1.82, 2.24) is 0 Å². The number of anilines is 2. The third kappa shape index (κ3) is 3.62. The maximum atomic E-state index is 9.07. The molecule has 0 unspecified atom stereocenters. The van der Waals surface area contributed by atoms with E-state index >= 15 is 0 Å². The first-order chi connectivity index (χ1) is 9.27. The Bertz CT molecular complexity index is 460. The molecule has 1 aliphatic carbocycles. The molecular weight excluding hydrogens is 258 g/mol. The van der Waals surface area contributed by atoms with Gasteiger partial charge in [-0.1, -0.05) is 0 Å². The summed E-state index contributed by atoms with van der Waals surface area (Å²) in [7, 11) is 1.73. The molecule has 5 heteroatoms. The van der Waals surface area contributed by atoms with Crippen LogP contribution in [0.4, 0.5) is 10.7 Å². The van der Waals surface area contributed by atoms with E-state index in [4.69, 9.17) is 15.7 Å². The van der Waals surface area contributed by atoms with E-state index in [-0.39, 0.29) is 0 Å². The molecular formula is C14H21N3OS. The summed E-state index contributed by atoms with van der Waals surface area (Å²) in [5.74, 6) is 0.578. The Balaban J connectivity index is 1.87. The van der Waals surface area contributed by atoms with Gasteiger partial charge in [0, 0.05) is 25.8 Å². The fraction of sp³-hybridized carbons (Fsp3) is 0.643. The average Bonchev–Trinajstić information content (AvgIpc) is 3.19. The topological polar surface area (TPSA) is 71.1 Å². The van der Waals surface area contributed by atoms with Gasteiger partial charge in [-0.25, -0.2) is 0 Å². The highest BCUT2D eigenvalue weighted by molar-refractivity contribution is 7.17. The third-order valence-electron chi connectivity index (χ3n) is 3.38. The summed E-state index contributed by atoms with van der Waals surface area (Å²) in [5, 5.41) is 13.6. The number of nitrogens with two attached hydrogens (primary N) is 1. The van der Waals surface area contributed by atoms with Crippen LogP contribution in [0, 0.1) is 11.3 Å². The first-order valence-corrected chi connectivity index (χ1v) is 7.64. The predicted molar refractivity (Wildman–Crippen MR) is 79.6 cm³/mol. The van der Waals surface area contributed by atoms with E-state index in [0.717, 1.165) is 37.4 Å². The van der Waals surface area contributed by atoms with E-state index in [1.165, 1.54) is 29.7 Å². The molecule has 0 radical (unpaired) electrons. The van der Waals surface area contributed by atoms with Gasteiger partial charge in [0.15, 0.2) is 0 Å². The molecule has 0 aromatic carbocycles. The second kappa shape index (κ2) is 6.78. The maximum absolute atomic E-state index is 9.07. The van der Waals surface area contributed by atoms with Crippen LogP contribution < -0.4 is 11.1 Å². The number of nitrogen functional groups attached to an aromatic ring is 1. The van der Waals surface area contributed by atoms with Gasteiger partial charge in [-0.15, -0.1) is 11.3 Å². The molecule has 2 rings (SSSR count). The Hall–Kier alpha value is -1.25. The summed E-state index contributed by atoms with van der Waals surface area (Å²) >= 11 is 1.50. The molecule has 1 aliphatic rings. The van der Waals surface area contributed by atoms with Crippen LogP contribution >= 0.6 is 11.3 Å². The molecule has 3 N–H and O–H groups in total. The fourth-order valence-electron chi connectivity index (χ4n) is 2.20. The second-order valence-corrected chi connectivity index (χ2v) is 5.97.